The normalized spacial score (nSPS) is 15.8. The third kappa shape index (κ3) is 2.68. The molecule has 0 atom stereocenters. The fourth-order valence-electron chi connectivity index (χ4n) is 2.17. The summed E-state index contributed by atoms with van der Waals surface area (Å²) in [7, 11) is 0. The molecule has 0 amide bonds. The molecular formula is C13H17BrN2O. The van der Waals surface area contributed by atoms with Crippen LogP contribution in [-0.2, 0) is 6.54 Å². The second kappa shape index (κ2) is 5.63. The van der Waals surface area contributed by atoms with E-state index in [-0.39, 0.29) is 5.78 Å². The first-order valence-electron chi connectivity index (χ1n) is 6.19. The van der Waals surface area contributed by atoms with Crippen LogP contribution in [0.25, 0.3) is 0 Å². The molecule has 0 radical (unpaired) electrons. The first kappa shape index (κ1) is 12.6. The van der Waals surface area contributed by atoms with Crippen molar-refractivity contribution in [1.82, 2.24) is 9.78 Å². The molecule has 17 heavy (non-hydrogen) atoms. The van der Waals surface area contributed by atoms with E-state index in [0.717, 1.165) is 42.3 Å². The molecule has 0 unspecified atom stereocenters. The van der Waals surface area contributed by atoms with Crippen LogP contribution in [0.3, 0.4) is 0 Å². The molecule has 0 fully saturated rings. The van der Waals surface area contributed by atoms with Crippen LogP contribution in [-0.4, -0.2) is 15.6 Å². The molecule has 1 heterocycles. The zero-order valence-electron chi connectivity index (χ0n) is 10.1. The fourth-order valence-corrected chi connectivity index (χ4v) is 2.64. The summed E-state index contributed by atoms with van der Waals surface area (Å²) in [6.45, 7) is 2.88. The van der Waals surface area contributed by atoms with Gasteiger partial charge < -0.3 is 0 Å². The lowest BCUT2D eigenvalue weighted by Crippen LogP contribution is -2.14. The minimum Gasteiger partial charge on any atom is -0.287 e. The Morgan fingerprint density at radius 1 is 1.53 bits per heavy atom. The lowest BCUT2D eigenvalue weighted by Gasteiger charge is -2.12. The van der Waals surface area contributed by atoms with Gasteiger partial charge in [-0.2, -0.15) is 5.10 Å². The van der Waals surface area contributed by atoms with Crippen LogP contribution < -0.4 is 0 Å². The highest BCUT2D eigenvalue weighted by atomic mass is 79.9. The summed E-state index contributed by atoms with van der Waals surface area (Å²) in [6.07, 6.45) is 9.04. The lowest BCUT2D eigenvalue weighted by atomic mass is 9.95. The molecule has 2 rings (SSSR count). The molecule has 0 saturated carbocycles. The van der Waals surface area contributed by atoms with Crippen molar-refractivity contribution in [3.8, 4) is 0 Å². The van der Waals surface area contributed by atoms with Crippen LogP contribution in [0.2, 0.25) is 0 Å². The number of aryl methyl sites for hydroxylation is 1. The maximum atomic E-state index is 12.4. The molecule has 3 nitrogen and oxygen atoms in total. The van der Waals surface area contributed by atoms with Crippen molar-refractivity contribution in [3.63, 3.8) is 0 Å². The van der Waals surface area contributed by atoms with E-state index < -0.39 is 0 Å². The molecule has 4 heteroatoms. The number of hydrogen-bond donors (Lipinski definition) is 0. The first-order valence-corrected chi connectivity index (χ1v) is 6.98. The summed E-state index contributed by atoms with van der Waals surface area (Å²) in [4.78, 5) is 12.4. The monoisotopic (exact) mass is 296 g/mol. The predicted octanol–water partition coefficient (Wildman–Crippen LogP) is 3.74. The van der Waals surface area contributed by atoms with Crippen molar-refractivity contribution < 1.29 is 4.79 Å². The topological polar surface area (TPSA) is 34.9 Å². The van der Waals surface area contributed by atoms with E-state index in [1.807, 2.05) is 4.68 Å². The number of aromatic nitrogens is 2. The van der Waals surface area contributed by atoms with E-state index in [1.54, 1.807) is 6.20 Å². The zero-order chi connectivity index (χ0) is 12.3. The molecule has 1 aliphatic carbocycles. The van der Waals surface area contributed by atoms with Crippen molar-refractivity contribution in [2.75, 3.05) is 0 Å². The van der Waals surface area contributed by atoms with E-state index in [9.17, 15) is 4.79 Å². The lowest BCUT2D eigenvalue weighted by molar-refractivity contribution is 0.101. The van der Waals surface area contributed by atoms with Crippen LogP contribution in [0.1, 0.15) is 49.5 Å². The molecule has 0 saturated heterocycles. The Bertz CT molecular complexity index is 448. The highest BCUT2D eigenvalue weighted by Crippen LogP contribution is 2.25. The van der Waals surface area contributed by atoms with Gasteiger partial charge in [0.25, 0.3) is 0 Å². The van der Waals surface area contributed by atoms with Crippen LogP contribution in [0, 0.1) is 0 Å². The Morgan fingerprint density at radius 2 is 2.35 bits per heavy atom. The highest BCUT2D eigenvalue weighted by molar-refractivity contribution is 9.10. The van der Waals surface area contributed by atoms with Gasteiger partial charge >= 0.3 is 0 Å². The number of ketones is 1. The smallest absolute Gasteiger partial charge is 0.207 e. The Labute approximate surface area is 110 Å². The molecule has 92 valence electrons. The minimum absolute atomic E-state index is 0.141. The number of allylic oxidation sites excluding steroid dienone is 2. The fraction of sp³-hybridized carbons (Fsp3) is 0.538. The van der Waals surface area contributed by atoms with Crippen molar-refractivity contribution in [1.29, 1.82) is 0 Å². The van der Waals surface area contributed by atoms with Gasteiger partial charge in [0, 0.05) is 6.54 Å². The first-order chi connectivity index (χ1) is 8.24. The van der Waals surface area contributed by atoms with Gasteiger partial charge in [0.1, 0.15) is 5.69 Å². The third-order valence-corrected chi connectivity index (χ3v) is 3.61. The van der Waals surface area contributed by atoms with Gasteiger partial charge in [-0.15, -0.1) is 0 Å². The van der Waals surface area contributed by atoms with Gasteiger partial charge in [0.15, 0.2) is 0 Å². The van der Waals surface area contributed by atoms with Crippen molar-refractivity contribution in [2.45, 2.75) is 45.6 Å². The number of Topliss-reactive ketones (excluding diaryl/α,β-unsaturated/α-hetero) is 1. The van der Waals surface area contributed by atoms with E-state index in [2.05, 4.69) is 34.0 Å². The molecule has 1 aromatic heterocycles. The average molecular weight is 297 g/mol. The molecule has 0 bridgehead atoms. The molecule has 0 spiro atoms. The van der Waals surface area contributed by atoms with Gasteiger partial charge in [0.05, 0.1) is 10.7 Å². The number of carbonyl (C=O) groups excluding carboxylic acids is 1. The Hall–Kier alpha value is -0.900. The number of rotatable bonds is 4. The molecule has 0 aromatic carbocycles. The minimum atomic E-state index is 0.141. The predicted molar refractivity (Wildman–Crippen MR) is 71.1 cm³/mol. The maximum absolute atomic E-state index is 12.4. The van der Waals surface area contributed by atoms with Gasteiger partial charge in [-0.05, 0) is 53.6 Å². The highest BCUT2D eigenvalue weighted by Gasteiger charge is 2.21. The summed E-state index contributed by atoms with van der Waals surface area (Å²) in [5.41, 5.74) is 1.66. The number of nitrogens with zero attached hydrogens (tertiary/aromatic N) is 2. The third-order valence-electron chi connectivity index (χ3n) is 3.03. The van der Waals surface area contributed by atoms with Crippen LogP contribution in [0.15, 0.2) is 22.3 Å². The zero-order valence-corrected chi connectivity index (χ0v) is 11.7. The second-order valence-electron chi connectivity index (χ2n) is 4.37. The van der Waals surface area contributed by atoms with Crippen LogP contribution >= 0.6 is 15.9 Å². The largest absolute Gasteiger partial charge is 0.287 e. The summed E-state index contributed by atoms with van der Waals surface area (Å²) in [5, 5.41) is 4.24. The van der Waals surface area contributed by atoms with Gasteiger partial charge in [-0.25, -0.2) is 0 Å². The van der Waals surface area contributed by atoms with E-state index in [1.165, 1.54) is 6.42 Å². The Balaban J connectivity index is 2.29. The summed E-state index contributed by atoms with van der Waals surface area (Å²) >= 11 is 3.42. The van der Waals surface area contributed by atoms with Crippen LogP contribution in [0.5, 0.6) is 0 Å². The Morgan fingerprint density at radius 3 is 3.00 bits per heavy atom. The van der Waals surface area contributed by atoms with E-state index in [0.29, 0.717) is 5.69 Å². The molecule has 1 aliphatic rings. The standard InChI is InChI=1S/C13H17BrN2O/c1-2-8-16-12(11(14)9-15-16)13(17)10-6-4-3-5-7-10/h6,9H,2-5,7-8H2,1H3. The summed E-state index contributed by atoms with van der Waals surface area (Å²) in [6, 6.07) is 0. The van der Waals surface area contributed by atoms with E-state index in [4.69, 9.17) is 0 Å². The summed E-state index contributed by atoms with van der Waals surface area (Å²) < 4.78 is 2.62. The molecular weight excluding hydrogens is 280 g/mol. The molecule has 0 N–H and O–H groups in total. The SMILES string of the molecule is CCCn1ncc(Br)c1C(=O)C1=CCCCC1. The number of halogens is 1. The average Bonchev–Trinajstić information content (AvgIpc) is 2.71. The van der Waals surface area contributed by atoms with Gasteiger partial charge in [-0.1, -0.05) is 13.0 Å². The quantitative estimate of drug-likeness (QED) is 0.794. The van der Waals surface area contributed by atoms with Crippen molar-refractivity contribution in [3.05, 3.63) is 28.0 Å². The Kier molecular flexibility index (Phi) is 4.15. The van der Waals surface area contributed by atoms with Gasteiger partial charge in [0.2, 0.25) is 5.78 Å². The van der Waals surface area contributed by atoms with Crippen molar-refractivity contribution >= 4 is 21.7 Å². The summed E-state index contributed by atoms with van der Waals surface area (Å²) in [5.74, 6) is 0.141. The molecule has 1 aromatic rings. The number of hydrogen-bond acceptors (Lipinski definition) is 2. The van der Waals surface area contributed by atoms with Crippen LogP contribution in [0.4, 0.5) is 0 Å². The van der Waals surface area contributed by atoms with Gasteiger partial charge in [-0.3, -0.25) is 9.48 Å². The van der Waals surface area contributed by atoms with Crippen molar-refractivity contribution in [2.24, 2.45) is 0 Å². The number of carbonyl (C=O) groups is 1. The molecule has 0 aliphatic heterocycles. The van der Waals surface area contributed by atoms with E-state index >= 15 is 0 Å². The maximum Gasteiger partial charge on any atom is 0.207 e. The second-order valence-corrected chi connectivity index (χ2v) is 5.22.